The highest BCUT2D eigenvalue weighted by atomic mass is 32.2. The van der Waals surface area contributed by atoms with Gasteiger partial charge in [0.1, 0.15) is 0 Å². The fourth-order valence-electron chi connectivity index (χ4n) is 1.67. The zero-order chi connectivity index (χ0) is 12.1. The average molecular weight is 241 g/mol. The second-order valence-corrected chi connectivity index (χ2v) is 4.49. The van der Waals surface area contributed by atoms with Crippen LogP contribution in [0.15, 0.2) is 17.0 Å². The second-order valence-electron chi connectivity index (χ2n) is 3.67. The summed E-state index contributed by atoms with van der Waals surface area (Å²) in [5.74, 6) is 1.56. The third kappa shape index (κ3) is 2.83. The molecule has 0 spiro atoms. The lowest BCUT2D eigenvalue weighted by molar-refractivity contribution is 0.347. The van der Waals surface area contributed by atoms with Crippen LogP contribution >= 0.6 is 11.8 Å². The fourth-order valence-corrected chi connectivity index (χ4v) is 2.45. The molecule has 1 aromatic rings. The summed E-state index contributed by atoms with van der Waals surface area (Å²) in [6.07, 6.45) is 2.87. The van der Waals surface area contributed by atoms with Crippen LogP contribution in [-0.4, -0.2) is 26.5 Å². The minimum atomic E-state index is 0.143. The van der Waals surface area contributed by atoms with Gasteiger partial charge in [0.05, 0.1) is 19.1 Å². The molecule has 0 bridgehead atoms. The lowest BCUT2D eigenvalue weighted by atomic mass is 10.1. The van der Waals surface area contributed by atoms with Crippen LogP contribution in [-0.2, 0) is 6.42 Å². The molecule has 3 nitrogen and oxygen atoms in total. The van der Waals surface area contributed by atoms with Gasteiger partial charge in [0, 0.05) is 6.04 Å². The molecule has 0 fully saturated rings. The molecule has 0 aliphatic carbocycles. The summed E-state index contributed by atoms with van der Waals surface area (Å²) in [6.45, 7) is 2.00. The van der Waals surface area contributed by atoms with Gasteiger partial charge in [0.15, 0.2) is 11.5 Å². The minimum Gasteiger partial charge on any atom is -0.493 e. The monoisotopic (exact) mass is 241 g/mol. The van der Waals surface area contributed by atoms with Crippen molar-refractivity contribution in [2.75, 3.05) is 20.5 Å². The highest BCUT2D eigenvalue weighted by molar-refractivity contribution is 7.98. The molecule has 0 amide bonds. The Bertz CT molecular complexity index is 353. The van der Waals surface area contributed by atoms with Crippen LogP contribution in [0.3, 0.4) is 0 Å². The van der Waals surface area contributed by atoms with Crippen molar-refractivity contribution in [1.29, 1.82) is 0 Å². The summed E-state index contributed by atoms with van der Waals surface area (Å²) in [6, 6.07) is 4.12. The molecule has 90 valence electrons. The Balaban J connectivity index is 3.20. The Labute approximate surface area is 101 Å². The third-order valence-electron chi connectivity index (χ3n) is 2.33. The number of benzene rings is 1. The fraction of sp³-hybridized carbons (Fsp3) is 0.500. The number of hydrogen-bond acceptors (Lipinski definition) is 4. The zero-order valence-corrected chi connectivity index (χ0v) is 11.1. The standard InChI is InChI=1S/C12H19NO2S/c1-8(13)7-9-5-6-10(14-2)11(15-3)12(9)16-4/h5-6,8H,7,13H2,1-4H3/t8-/m1/s1. The molecule has 2 N–H and O–H groups in total. The first kappa shape index (κ1) is 13.2. The van der Waals surface area contributed by atoms with Gasteiger partial charge in [-0.2, -0.15) is 0 Å². The van der Waals surface area contributed by atoms with Crippen LogP contribution < -0.4 is 15.2 Å². The first-order valence-electron chi connectivity index (χ1n) is 5.17. The van der Waals surface area contributed by atoms with Gasteiger partial charge in [0.25, 0.3) is 0 Å². The van der Waals surface area contributed by atoms with E-state index >= 15 is 0 Å². The van der Waals surface area contributed by atoms with E-state index < -0.39 is 0 Å². The normalized spacial score (nSPS) is 12.3. The summed E-state index contributed by atoms with van der Waals surface area (Å²) in [7, 11) is 3.31. The van der Waals surface area contributed by atoms with Gasteiger partial charge >= 0.3 is 0 Å². The Morgan fingerprint density at radius 2 is 2.00 bits per heavy atom. The van der Waals surface area contributed by atoms with Gasteiger partial charge in [-0.25, -0.2) is 0 Å². The summed E-state index contributed by atoms with van der Waals surface area (Å²) in [4.78, 5) is 1.11. The van der Waals surface area contributed by atoms with E-state index in [4.69, 9.17) is 15.2 Å². The molecule has 0 unspecified atom stereocenters. The Morgan fingerprint density at radius 3 is 2.44 bits per heavy atom. The largest absolute Gasteiger partial charge is 0.493 e. The van der Waals surface area contributed by atoms with Crippen LogP contribution in [0.4, 0.5) is 0 Å². The first-order valence-corrected chi connectivity index (χ1v) is 6.40. The van der Waals surface area contributed by atoms with Crippen molar-refractivity contribution >= 4 is 11.8 Å². The molecular weight excluding hydrogens is 222 g/mol. The molecule has 0 saturated heterocycles. The zero-order valence-electron chi connectivity index (χ0n) is 10.2. The van der Waals surface area contributed by atoms with E-state index in [0.29, 0.717) is 0 Å². The number of nitrogens with two attached hydrogens (primary N) is 1. The topological polar surface area (TPSA) is 44.5 Å². The maximum absolute atomic E-state index is 5.83. The Hall–Kier alpha value is -0.870. The first-order chi connectivity index (χ1) is 7.63. The van der Waals surface area contributed by atoms with E-state index in [-0.39, 0.29) is 6.04 Å². The summed E-state index contributed by atoms with van der Waals surface area (Å²) >= 11 is 1.66. The Morgan fingerprint density at radius 1 is 1.31 bits per heavy atom. The highest BCUT2D eigenvalue weighted by Crippen LogP contribution is 2.39. The van der Waals surface area contributed by atoms with E-state index in [1.54, 1.807) is 26.0 Å². The molecule has 0 radical (unpaired) electrons. The molecule has 1 rings (SSSR count). The maximum Gasteiger partial charge on any atom is 0.174 e. The molecule has 16 heavy (non-hydrogen) atoms. The van der Waals surface area contributed by atoms with Crippen molar-refractivity contribution in [2.24, 2.45) is 5.73 Å². The molecular formula is C12H19NO2S. The summed E-state index contributed by atoms with van der Waals surface area (Å²) in [5, 5.41) is 0. The molecule has 1 aromatic carbocycles. The molecule has 1 atom stereocenters. The van der Waals surface area contributed by atoms with E-state index in [0.717, 1.165) is 22.8 Å². The second kappa shape index (κ2) is 6.01. The summed E-state index contributed by atoms with van der Waals surface area (Å²) in [5.41, 5.74) is 7.04. The van der Waals surface area contributed by atoms with Gasteiger partial charge in [-0.3, -0.25) is 0 Å². The van der Waals surface area contributed by atoms with Crippen LogP contribution in [0.2, 0.25) is 0 Å². The van der Waals surface area contributed by atoms with Gasteiger partial charge in [-0.15, -0.1) is 11.8 Å². The third-order valence-corrected chi connectivity index (χ3v) is 3.18. The van der Waals surface area contributed by atoms with Crippen molar-refractivity contribution in [3.8, 4) is 11.5 Å². The van der Waals surface area contributed by atoms with Crippen molar-refractivity contribution < 1.29 is 9.47 Å². The van der Waals surface area contributed by atoms with E-state index in [1.807, 2.05) is 19.2 Å². The van der Waals surface area contributed by atoms with Crippen LogP contribution in [0, 0.1) is 0 Å². The molecule has 0 saturated carbocycles. The number of ether oxygens (including phenoxy) is 2. The van der Waals surface area contributed by atoms with Crippen LogP contribution in [0.5, 0.6) is 11.5 Å². The highest BCUT2D eigenvalue weighted by Gasteiger charge is 2.14. The van der Waals surface area contributed by atoms with Crippen molar-refractivity contribution in [3.63, 3.8) is 0 Å². The maximum atomic E-state index is 5.83. The average Bonchev–Trinajstić information content (AvgIpc) is 2.27. The lowest BCUT2D eigenvalue weighted by Crippen LogP contribution is -2.18. The number of rotatable bonds is 5. The predicted octanol–water partition coefficient (Wildman–Crippen LogP) is 2.32. The number of thioether (sulfide) groups is 1. The van der Waals surface area contributed by atoms with Gasteiger partial charge in [-0.05, 0) is 31.2 Å². The molecule has 0 heterocycles. The van der Waals surface area contributed by atoms with E-state index in [9.17, 15) is 0 Å². The smallest absolute Gasteiger partial charge is 0.174 e. The van der Waals surface area contributed by atoms with Crippen molar-refractivity contribution in [2.45, 2.75) is 24.3 Å². The minimum absolute atomic E-state index is 0.143. The molecule has 0 aliphatic heterocycles. The molecule has 0 aliphatic rings. The van der Waals surface area contributed by atoms with Crippen LogP contribution in [0.25, 0.3) is 0 Å². The van der Waals surface area contributed by atoms with Gasteiger partial charge in [0.2, 0.25) is 0 Å². The molecule has 0 aromatic heterocycles. The van der Waals surface area contributed by atoms with Crippen molar-refractivity contribution in [1.82, 2.24) is 0 Å². The quantitative estimate of drug-likeness (QED) is 0.804. The SMILES string of the molecule is COc1ccc(C[C@@H](C)N)c(SC)c1OC. The predicted molar refractivity (Wildman–Crippen MR) is 68.7 cm³/mol. The van der Waals surface area contributed by atoms with Gasteiger partial charge < -0.3 is 15.2 Å². The van der Waals surface area contributed by atoms with Gasteiger partial charge in [-0.1, -0.05) is 6.07 Å². The van der Waals surface area contributed by atoms with E-state index in [2.05, 4.69) is 6.07 Å². The molecule has 4 heteroatoms. The number of methoxy groups -OCH3 is 2. The summed E-state index contributed by atoms with van der Waals surface area (Å²) < 4.78 is 10.7. The van der Waals surface area contributed by atoms with Crippen LogP contribution in [0.1, 0.15) is 12.5 Å². The lowest BCUT2D eigenvalue weighted by Gasteiger charge is -2.16. The Kier molecular flexibility index (Phi) is 4.96. The number of hydrogen-bond donors (Lipinski definition) is 1. The van der Waals surface area contributed by atoms with Crippen molar-refractivity contribution in [3.05, 3.63) is 17.7 Å². The van der Waals surface area contributed by atoms with E-state index in [1.165, 1.54) is 5.56 Å².